The van der Waals surface area contributed by atoms with Crippen LogP contribution in [0.1, 0.15) is 40.4 Å². The Labute approximate surface area is 174 Å². The largest absolute Gasteiger partial charge is 0.467 e. The molecule has 0 saturated carbocycles. The molecule has 1 heterocycles. The molecule has 30 heavy (non-hydrogen) atoms. The number of carbonyl (C=O) groups excluding carboxylic acids is 4. The van der Waals surface area contributed by atoms with E-state index in [1.54, 1.807) is 48.5 Å². The Hall–Kier alpha value is -3.52. The van der Waals surface area contributed by atoms with Crippen molar-refractivity contribution in [1.29, 1.82) is 0 Å². The summed E-state index contributed by atoms with van der Waals surface area (Å²) in [6, 6.07) is 14.3. The molecule has 3 rings (SSSR count). The van der Waals surface area contributed by atoms with Gasteiger partial charge >= 0.3 is 5.97 Å². The van der Waals surface area contributed by atoms with E-state index in [-0.39, 0.29) is 24.8 Å². The van der Waals surface area contributed by atoms with Crippen molar-refractivity contribution < 1.29 is 23.9 Å². The lowest BCUT2D eigenvalue weighted by Crippen LogP contribution is -2.50. The number of methoxy groups -OCH3 is 1. The van der Waals surface area contributed by atoms with E-state index in [1.807, 2.05) is 6.07 Å². The molecule has 2 aromatic rings. The second-order valence-electron chi connectivity index (χ2n) is 6.88. The van der Waals surface area contributed by atoms with E-state index in [2.05, 4.69) is 16.0 Å². The number of rotatable bonds is 7. The molecule has 8 nitrogen and oxygen atoms in total. The number of benzene rings is 2. The maximum absolute atomic E-state index is 13.0. The van der Waals surface area contributed by atoms with Gasteiger partial charge in [0, 0.05) is 18.5 Å². The lowest BCUT2D eigenvalue weighted by Gasteiger charge is -2.22. The van der Waals surface area contributed by atoms with E-state index in [9.17, 15) is 19.2 Å². The molecule has 0 aromatic heterocycles. The Kier molecular flexibility index (Phi) is 6.92. The normalized spacial score (nSPS) is 17.0. The smallest absolute Gasteiger partial charge is 0.333 e. The molecule has 3 amide bonds. The summed E-state index contributed by atoms with van der Waals surface area (Å²) >= 11 is 0. The molecule has 0 bridgehead atoms. The summed E-state index contributed by atoms with van der Waals surface area (Å²) in [5.74, 6) is -1.67. The zero-order valence-corrected chi connectivity index (χ0v) is 16.5. The topological polar surface area (TPSA) is 114 Å². The maximum atomic E-state index is 13.0. The summed E-state index contributed by atoms with van der Waals surface area (Å²) in [6.07, 6.45) is 0.668. The van der Waals surface area contributed by atoms with Gasteiger partial charge in [0.15, 0.2) is 6.04 Å². The van der Waals surface area contributed by atoms with Crippen molar-refractivity contribution in [2.45, 2.75) is 31.5 Å². The predicted octanol–water partition coefficient (Wildman–Crippen LogP) is 1.23. The van der Waals surface area contributed by atoms with E-state index in [0.29, 0.717) is 23.1 Å². The third kappa shape index (κ3) is 5.09. The molecule has 3 N–H and O–H groups in total. The van der Waals surface area contributed by atoms with E-state index in [1.165, 1.54) is 7.11 Å². The van der Waals surface area contributed by atoms with Crippen LogP contribution in [0.4, 0.5) is 0 Å². The molecular weight excluding hydrogens is 386 g/mol. The fraction of sp³-hybridized carbons (Fsp3) is 0.273. The number of hydrogen-bond donors (Lipinski definition) is 3. The molecule has 1 saturated heterocycles. The minimum Gasteiger partial charge on any atom is -0.467 e. The maximum Gasteiger partial charge on any atom is 0.333 e. The van der Waals surface area contributed by atoms with Crippen LogP contribution in [-0.2, 0) is 25.7 Å². The van der Waals surface area contributed by atoms with Gasteiger partial charge in [0.2, 0.25) is 11.8 Å². The quantitative estimate of drug-likeness (QED) is 0.468. The Morgan fingerprint density at radius 1 is 1.10 bits per heavy atom. The monoisotopic (exact) mass is 409 g/mol. The number of esters is 1. The summed E-state index contributed by atoms with van der Waals surface area (Å²) in [5, 5.41) is 8.11. The molecule has 2 atom stereocenters. The first-order valence-electron chi connectivity index (χ1n) is 9.58. The van der Waals surface area contributed by atoms with Crippen LogP contribution < -0.4 is 16.0 Å². The lowest BCUT2D eigenvalue weighted by molar-refractivity contribution is -0.143. The number of ether oxygens (including phenoxy) is 1. The molecule has 0 unspecified atom stereocenters. The highest BCUT2D eigenvalue weighted by Crippen LogP contribution is 2.17. The summed E-state index contributed by atoms with van der Waals surface area (Å²) < 4.78 is 4.84. The Balaban J connectivity index is 1.73. The SMILES string of the molecule is COC(=O)[C@@H](NC(=O)c1ccccc1CN[C@H]1CCC(=O)NC1=O)c1ccccc1. The van der Waals surface area contributed by atoms with Gasteiger partial charge in [-0.2, -0.15) is 0 Å². The fourth-order valence-electron chi connectivity index (χ4n) is 3.27. The second-order valence-corrected chi connectivity index (χ2v) is 6.88. The van der Waals surface area contributed by atoms with Gasteiger partial charge in [-0.15, -0.1) is 0 Å². The fourth-order valence-corrected chi connectivity index (χ4v) is 3.27. The van der Waals surface area contributed by atoms with Gasteiger partial charge in [-0.1, -0.05) is 48.5 Å². The van der Waals surface area contributed by atoms with Crippen LogP contribution in [0.5, 0.6) is 0 Å². The molecule has 0 aliphatic carbocycles. The van der Waals surface area contributed by atoms with E-state index >= 15 is 0 Å². The number of amides is 3. The Morgan fingerprint density at radius 3 is 2.50 bits per heavy atom. The van der Waals surface area contributed by atoms with Crippen LogP contribution in [0.2, 0.25) is 0 Å². The van der Waals surface area contributed by atoms with Crippen molar-refractivity contribution in [3.63, 3.8) is 0 Å². The van der Waals surface area contributed by atoms with Gasteiger partial charge in [-0.3, -0.25) is 19.7 Å². The first kappa shape index (κ1) is 21.2. The average molecular weight is 409 g/mol. The van der Waals surface area contributed by atoms with Gasteiger partial charge in [-0.25, -0.2) is 4.79 Å². The standard InChI is InChI=1S/C22H23N3O5/c1-30-22(29)19(14-7-3-2-4-8-14)25-20(27)16-10-6-5-9-15(16)13-23-17-11-12-18(26)24-21(17)28/h2-10,17,19,23H,11-13H2,1H3,(H,25,27)(H,24,26,28)/t17-,19-/m0/s1. The number of piperidine rings is 1. The minimum atomic E-state index is -0.945. The van der Waals surface area contributed by atoms with Gasteiger partial charge in [0.25, 0.3) is 5.91 Å². The Morgan fingerprint density at radius 2 is 1.80 bits per heavy atom. The first-order valence-corrected chi connectivity index (χ1v) is 9.58. The number of hydrogen-bond acceptors (Lipinski definition) is 6. The number of carbonyl (C=O) groups is 4. The molecule has 1 aliphatic heterocycles. The number of nitrogens with one attached hydrogen (secondary N) is 3. The summed E-state index contributed by atoms with van der Waals surface area (Å²) in [4.78, 5) is 48.4. The predicted molar refractivity (Wildman–Crippen MR) is 108 cm³/mol. The van der Waals surface area contributed by atoms with Crippen LogP contribution in [0.3, 0.4) is 0 Å². The van der Waals surface area contributed by atoms with E-state index < -0.39 is 24.0 Å². The van der Waals surface area contributed by atoms with Gasteiger partial charge in [0.05, 0.1) is 13.2 Å². The van der Waals surface area contributed by atoms with Crippen molar-refractivity contribution in [3.05, 3.63) is 71.3 Å². The van der Waals surface area contributed by atoms with Crippen LogP contribution >= 0.6 is 0 Å². The molecule has 8 heteroatoms. The molecule has 1 fully saturated rings. The first-order chi connectivity index (χ1) is 14.5. The highest BCUT2D eigenvalue weighted by atomic mass is 16.5. The molecule has 1 aliphatic rings. The van der Waals surface area contributed by atoms with Crippen LogP contribution in [0.15, 0.2) is 54.6 Å². The van der Waals surface area contributed by atoms with Crippen molar-refractivity contribution in [3.8, 4) is 0 Å². The second kappa shape index (κ2) is 9.80. The zero-order valence-electron chi connectivity index (χ0n) is 16.5. The summed E-state index contributed by atoms with van der Waals surface area (Å²) in [7, 11) is 1.27. The lowest BCUT2D eigenvalue weighted by atomic mass is 10.0. The third-order valence-corrected chi connectivity index (χ3v) is 4.89. The minimum absolute atomic E-state index is 0.254. The van der Waals surface area contributed by atoms with Crippen LogP contribution in [0.25, 0.3) is 0 Å². The van der Waals surface area contributed by atoms with Crippen molar-refractivity contribution in [2.24, 2.45) is 0 Å². The molecule has 2 aromatic carbocycles. The van der Waals surface area contributed by atoms with E-state index in [0.717, 1.165) is 0 Å². The van der Waals surface area contributed by atoms with Gasteiger partial charge in [-0.05, 0) is 23.6 Å². The van der Waals surface area contributed by atoms with Gasteiger partial charge in [0.1, 0.15) is 0 Å². The number of imide groups is 1. The third-order valence-electron chi connectivity index (χ3n) is 4.89. The van der Waals surface area contributed by atoms with Crippen molar-refractivity contribution in [1.82, 2.24) is 16.0 Å². The molecular formula is C22H23N3O5. The summed E-state index contributed by atoms with van der Waals surface area (Å²) in [6.45, 7) is 0.254. The van der Waals surface area contributed by atoms with E-state index in [4.69, 9.17) is 4.74 Å². The van der Waals surface area contributed by atoms with Crippen LogP contribution in [-0.4, -0.2) is 36.8 Å². The van der Waals surface area contributed by atoms with Crippen molar-refractivity contribution >= 4 is 23.7 Å². The van der Waals surface area contributed by atoms with Crippen molar-refractivity contribution in [2.75, 3.05) is 7.11 Å². The molecule has 0 spiro atoms. The zero-order chi connectivity index (χ0) is 21.5. The van der Waals surface area contributed by atoms with Gasteiger partial charge < -0.3 is 15.4 Å². The molecule has 0 radical (unpaired) electrons. The molecule has 156 valence electrons. The average Bonchev–Trinajstić information content (AvgIpc) is 2.77. The Bertz CT molecular complexity index is 945. The highest BCUT2D eigenvalue weighted by molar-refractivity contribution is 6.00. The highest BCUT2D eigenvalue weighted by Gasteiger charge is 2.27. The van der Waals surface area contributed by atoms with Crippen LogP contribution in [0, 0.1) is 0 Å². The summed E-state index contributed by atoms with van der Waals surface area (Å²) in [5.41, 5.74) is 1.65.